The van der Waals surface area contributed by atoms with Crippen LogP contribution in [0.4, 0.5) is 0 Å². The lowest BCUT2D eigenvalue weighted by molar-refractivity contribution is 1.16. The molecule has 4 nitrogen and oxygen atoms in total. The summed E-state index contributed by atoms with van der Waals surface area (Å²) in [6, 6.07) is 65.0. The monoisotopic (exact) mass is 662 g/mol. The summed E-state index contributed by atoms with van der Waals surface area (Å²) in [6.07, 6.45) is 0. The Morgan fingerprint density at radius 2 is 0.904 bits per heavy atom. The molecule has 0 atom stereocenters. The first-order chi connectivity index (χ1) is 25.8. The Morgan fingerprint density at radius 3 is 1.69 bits per heavy atom. The van der Waals surface area contributed by atoms with Gasteiger partial charge < -0.3 is 9.13 Å². The maximum Gasteiger partial charge on any atom is 0.160 e. The summed E-state index contributed by atoms with van der Waals surface area (Å²) in [5.41, 5.74) is 10.8. The molecule has 0 unspecified atom stereocenters. The van der Waals surface area contributed by atoms with Gasteiger partial charge in [0.15, 0.2) is 5.82 Å². The molecule has 8 aromatic carbocycles. The molecule has 0 saturated heterocycles. The van der Waals surface area contributed by atoms with Gasteiger partial charge in [-0.3, -0.25) is 0 Å². The second-order valence-corrected chi connectivity index (χ2v) is 13.5. The number of nitrogens with zero attached hydrogens (tertiary/aromatic N) is 4. The van der Waals surface area contributed by atoms with Gasteiger partial charge >= 0.3 is 0 Å². The van der Waals surface area contributed by atoms with E-state index in [0.717, 1.165) is 50.1 Å². The number of benzene rings is 8. The minimum Gasteiger partial charge on any atom is -0.309 e. The zero-order valence-corrected chi connectivity index (χ0v) is 28.1. The van der Waals surface area contributed by atoms with Crippen LogP contribution in [0.2, 0.25) is 0 Å². The maximum atomic E-state index is 5.20. The van der Waals surface area contributed by atoms with E-state index in [9.17, 15) is 0 Å². The fraction of sp³-hybridized carbons (Fsp3) is 0. The Labute approximate surface area is 299 Å². The van der Waals surface area contributed by atoms with Crippen molar-refractivity contribution >= 4 is 65.3 Å². The van der Waals surface area contributed by atoms with Crippen LogP contribution in [-0.4, -0.2) is 19.1 Å². The van der Waals surface area contributed by atoms with Crippen molar-refractivity contribution in [2.45, 2.75) is 0 Å². The van der Waals surface area contributed by atoms with E-state index in [0.29, 0.717) is 5.82 Å². The first-order valence-electron chi connectivity index (χ1n) is 17.7. The van der Waals surface area contributed by atoms with Crippen LogP contribution >= 0.6 is 0 Å². The van der Waals surface area contributed by atoms with Crippen LogP contribution in [0.25, 0.3) is 99.3 Å². The third-order valence-corrected chi connectivity index (χ3v) is 10.5. The van der Waals surface area contributed by atoms with Gasteiger partial charge in [0.05, 0.1) is 33.3 Å². The second kappa shape index (κ2) is 11.2. The number of fused-ring (bicyclic) bond motifs is 8. The van der Waals surface area contributed by atoms with Crippen molar-refractivity contribution in [1.29, 1.82) is 0 Å². The molecule has 0 fully saturated rings. The molecule has 0 spiro atoms. The molecule has 242 valence electrons. The molecule has 0 aliphatic carbocycles. The van der Waals surface area contributed by atoms with Gasteiger partial charge in [-0.25, -0.2) is 9.97 Å². The smallest absolute Gasteiger partial charge is 0.160 e. The van der Waals surface area contributed by atoms with Crippen molar-refractivity contribution in [1.82, 2.24) is 19.1 Å². The van der Waals surface area contributed by atoms with Gasteiger partial charge in [-0.15, -0.1) is 0 Å². The SMILES string of the molecule is c1ccc(-c2nc(-c3cccc(-n4c5ccc(-n6c7ccccc7c7ccccc76)cc5c5cc6ccccc6cc54)c3)nc3ccccc23)cc1. The van der Waals surface area contributed by atoms with Crippen molar-refractivity contribution < 1.29 is 0 Å². The molecule has 4 heteroatoms. The molecule has 11 rings (SSSR count). The first kappa shape index (κ1) is 28.8. The predicted octanol–water partition coefficient (Wildman–Crippen LogP) is 12.3. The summed E-state index contributed by atoms with van der Waals surface area (Å²) in [5, 5.41) is 8.42. The van der Waals surface area contributed by atoms with Crippen LogP contribution in [0.1, 0.15) is 0 Å². The van der Waals surface area contributed by atoms with Crippen molar-refractivity contribution in [3.63, 3.8) is 0 Å². The predicted molar refractivity (Wildman–Crippen MR) is 217 cm³/mol. The molecule has 52 heavy (non-hydrogen) atoms. The molecule has 0 bridgehead atoms. The number of aromatic nitrogens is 4. The van der Waals surface area contributed by atoms with Crippen molar-refractivity contribution in [3.05, 3.63) is 182 Å². The van der Waals surface area contributed by atoms with Gasteiger partial charge in [-0.1, -0.05) is 121 Å². The van der Waals surface area contributed by atoms with Crippen LogP contribution in [0.3, 0.4) is 0 Å². The van der Waals surface area contributed by atoms with E-state index in [1.165, 1.54) is 43.4 Å². The highest BCUT2D eigenvalue weighted by atomic mass is 15.0. The summed E-state index contributed by atoms with van der Waals surface area (Å²) >= 11 is 0. The van der Waals surface area contributed by atoms with Crippen LogP contribution < -0.4 is 0 Å². The molecule has 11 aromatic rings. The third-order valence-electron chi connectivity index (χ3n) is 10.5. The van der Waals surface area contributed by atoms with Gasteiger partial charge in [-0.05, 0) is 71.4 Å². The van der Waals surface area contributed by atoms with Crippen molar-refractivity contribution in [2.24, 2.45) is 0 Å². The van der Waals surface area contributed by atoms with Gasteiger partial charge in [0, 0.05) is 49.4 Å². The lowest BCUT2D eigenvalue weighted by atomic mass is 10.1. The standard InChI is InChI=1S/C48H30N4/c1-2-13-31(14-3-1)47-39-21-6-9-22-42(39)49-48(50-47)34-17-12-18-35(27-34)52-45-26-25-36(30-41(45)40-28-32-15-4-5-16-33(32)29-46(40)52)51-43-23-10-7-19-37(43)38-20-8-11-24-44(38)51/h1-30H. The van der Waals surface area contributed by atoms with Gasteiger partial charge in [0.2, 0.25) is 0 Å². The molecule has 0 saturated carbocycles. The molecular formula is C48H30N4. The minimum atomic E-state index is 0.708. The Bertz CT molecular complexity index is 3130. The van der Waals surface area contributed by atoms with Crippen LogP contribution in [-0.2, 0) is 0 Å². The van der Waals surface area contributed by atoms with E-state index < -0.39 is 0 Å². The van der Waals surface area contributed by atoms with Crippen LogP contribution in [0.5, 0.6) is 0 Å². The fourth-order valence-corrected chi connectivity index (χ4v) is 8.12. The highest BCUT2D eigenvalue weighted by molar-refractivity contribution is 6.15. The average Bonchev–Trinajstić information content (AvgIpc) is 3.72. The Hall–Kier alpha value is -7.04. The van der Waals surface area contributed by atoms with E-state index in [-0.39, 0.29) is 0 Å². The average molecular weight is 663 g/mol. The Balaban J connectivity index is 1.16. The van der Waals surface area contributed by atoms with E-state index >= 15 is 0 Å². The summed E-state index contributed by atoms with van der Waals surface area (Å²) < 4.78 is 4.80. The highest BCUT2D eigenvalue weighted by Gasteiger charge is 2.18. The van der Waals surface area contributed by atoms with E-state index in [2.05, 4.69) is 179 Å². The zero-order valence-electron chi connectivity index (χ0n) is 28.1. The number of para-hydroxylation sites is 3. The zero-order chi connectivity index (χ0) is 34.2. The summed E-state index contributed by atoms with van der Waals surface area (Å²) in [4.78, 5) is 10.3. The van der Waals surface area contributed by atoms with Gasteiger partial charge in [-0.2, -0.15) is 0 Å². The summed E-state index contributed by atoms with van der Waals surface area (Å²) in [7, 11) is 0. The fourth-order valence-electron chi connectivity index (χ4n) is 8.12. The number of rotatable bonds is 4. The third kappa shape index (κ3) is 4.34. The van der Waals surface area contributed by atoms with Crippen molar-refractivity contribution in [3.8, 4) is 34.0 Å². The maximum absolute atomic E-state index is 5.20. The first-order valence-corrected chi connectivity index (χ1v) is 17.7. The molecule has 0 aliphatic rings. The van der Waals surface area contributed by atoms with Crippen LogP contribution in [0.15, 0.2) is 182 Å². The van der Waals surface area contributed by atoms with E-state index in [1.807, 2.05) is 12.1 Å². The molecule has 0 aliphatic heterocycles. The normalized spacial score (nSPS) is 11.8. The van der Waals surface area contributed by atoms with Gasteiger partial charge in [0.1, 0.15) is 0 Å². The Morgan fingerprint density at radius 1 is 0.327 bits per heavy atom. The number of hydrogen-bond donors (Lipinski definition) is 0. The summed E-state index contributed by atoms with van der Waals surface area (Å²) in [6.45, 7) is 0. The lowest BCUT2D eigenvalue weighted by Crippen LogP contribution is -1.98. The molecule has 0 radical (unpaired) electrons. The highest BCUT2D eigenvalue weighted by Crippen LogP contribution is 2.39. The van der Waals surface area contributed by atoms with Crippen molar-refractivity contribution in [2.75, 3.05) is 0 Å². The van der Waals surface area contributed by atoms with Gasteiger partial charge in [0.25, 0.3) is 0 Å². The van der Waals surface area contributed by atoms with E-state index in [1.54, 1.807) is 0 Å². The Kier molecular flexibility index (Phi) is 6.22. The number of hydrogen-bond acceptors (Lipinski definition) is 2. The molecule has 0 amide bonds. The molecule has 3 heterocycles. The van der Waals surface area contributed by atoms with E-state index in [4.69, 9.17) is 9.97 Å². The minimum absolute atomic E-state index is 0.708. The quantitative estimate of drug-likeness (QED) is 0.188. The van der Waals surface area contributed by atoms with Crippen LogP contribution in [0, 0.1) is 0 Å². The second-order valence-electron chi connectivity index (χ2n) is 13.5. The summed E-state index contributed by atoms with van der Waals surface area (Å²) in [5.74, 6) is 0.708. The molecule has 0 N–H and O–H groups in total. The molecule has 3 aromatic heterocycles. The molecular weight excluding hydrogens is 633 g/mol. The largest absolute Gasteiger partial charge is 0.309 e. The lowest BCUT2D eigenvalue weighted by Gasteiger charge is -2.13. The topological polar surface area (TPSA) is 35.6 Å².